The maximum atomic E-state index is 13.0. The van der Waals surface area contributed by atoms with Crippen LogP contribution in [0.15, 0.2) is 24.3 Å². The summed E-state index contributed by atoms with van der Waals surface area (Å²) in [6, 6.07) is 5.76. The molecule has 18 heavy (non-hydrogen) atoms. The van der Waals surface area contributed by atoms with Crippen LogP contribution in [0, 0.1) is 5.92 Å². The zero-order chi connectivity index (χ0) is 13.2. The molecule has 1 unspecified atom stereocenters. The van der Waals surface area contributed by atoms with Crippen molar-refractivity contribution in [2.45, 2.75) is 38.4 Å². The Morgan fingerprint density at radius 3 is 2.44 bits per heavy atom. The fourth-order valence-electron chi connectivity index (χ4n) is 2.55. The highest BCUT2D eigenvalue weighted by Gasteiger charge is 2.37. The second-order valence-electron chi connectivity index (χ2n) is 4.81. The van der Waals surface area contributed by atoms with Gasteiger partial charge < -0.3 is 5.32 Å². The number of hydrogen-bond donors (Lipinski definition) is 1. The van der Waals surface area contributed by atoms with Crippen molar-refractivity contribution in [2.75, 3.05) is 6.54 Å². The van der Waals surface area contributed by atoms with Gasteiger partial charge in [0.15, 0.2) is 0 Å². The summed E-state index contributed by atoms with van der Waals surface area (Å²) in [5, 5.41) is 3.21. The SMILES string of the molecule is CCNC(c1ccccc1C(F)(F)F)C1CCC1. The number of halogens is 3. The van der Waals surface area contributed by atoms with Gasteiger partial charge in [-0.2, -0.15) is 13.2 Å². The molecule has 0 aromatic heterocycles. The van der Waals surface area contributed by atoms with Gasteiger partial charge in [-0.05, 0) is 36.9 Å². The molecule has 1 nitrogen and oxygen atoms in total. The summed E-state index contributed by atoms with van der Waals surface area (Å²) in [5.41, 5.74) is -0.0978. The summed E-state index contributed by atoms with van der Waals surface area (Å²) in [4.78, 5) is 0. The first-order valence-corrected chi connectivity index (χ1v) is 6.43. The monoisotopic (exact) mass is 257 g/mol. The Labute approximate surface area is 105 Å². The third-order valence-electron chi connectivity index (χ3n) is 3.65. The highest BCUT2D eigenvalue weighted by atomic mass is 19.4. The Morgan fingerprint density at radius 1 is 1.28 bits per heavy atom. The van der Waals surface area contributed by atoms with Gasteiger partial charge in [-0.1, -0.05) is 31.5 Å². The number of nitrogens with one attached hydrogen (secondary N) is 1. The van der Waals surface area contributed by atoms with E-state index in [4.69, 9.17) is 0 Å². The molecule has 0 saturated heterocycles. The van der Waals surface area contributed by atoms with E-state index in [1.807, 2.05) is 6.92 Å². The van der Waals surface area contributed by atoms with Crippen LogP contribution in [-0.4, -0.2) is 6.54 Å². The van der Waals surface area contributed by atoms with Crippen molar-refractivity contribution in [1.29, 1.82) is 0 Å². The van der Waals surface area contributed by atoms with E-state index in [0.29, 0.717) is 18.0 Å². The van der Waals surface area contributed by atoms with E-state index in [0.717, 1.165) is 19.3 Å². The highest BCUT2D eigenvalue weighted by molar-refractivity contribution is 5.33. The van der Waals surface area contributed by atoms with Crippen LogP contribution in [0.25, 0.3) is 0 Å². The van der Waals surface area contributed by atoms with Gasteiger partial charge in [0.25, 0.3) is 0 Å². The maximum absolute atomic E-state index is 13.0. The maximum Gasteiger partial charge on any atom is 0.416 e. The Bertz CT molecular complexity index is 396. The lowest BCUT2D eigenvalue weighted by Crippen LogP contribution is -2.33. The number of benzene rings is 1. The molecule has 1 saturated carbocycles. The van der Waals surface area contributed by atoms with Crippen LogP contribution >= 0.6 is 0 Å². The molecule has 1 aliphatic carbocycles. The van der Waals surface area contributed by atoms with Crippen molar-refractivity contribution in [2.24, 2.45) is 5.92 Å². The summed E-state index contributed by atoms with van der Waals surface area (Å²) in [6.45, 7) is 2.62. The van der Waals surface area contributed by atoms with E-state index in [9.17, 15) is 13.2 Å². The van der Waals surface area contributed by atoms with Crippen molar-refractivity contribution >= 4 is 0 Å². The summed E-state index contributed by atoms with van der Waals surface area (Å²) in [6.07, 6.45) is -1.11. The fourth-order valence-corrected chi connectivity index (χ4v) is 2.55. The first-order valence-electron chi connectivity index (χ1n) is 6.43. The van der Waals surface area contributed by atoms with Crippen LogP contribution in [0.3, 0.4) is 0 Å². The molecule has 1 aromatic rings. The predicted octanol–water partition coefficient (Wildman–Crippen LogP) is 4.16. The van der Waals surface area contributed by atoms with Crippen molar-refractivity contribution in [3.8, 4) is 0 Å². The zero-order valence-corrected chi connectivity index (χ0v) is 10.4. The lowest BCUT2D eigenvalue weighted by Gasteiger charge is -2.35. The smallest absolute Gasteiger partial charge is 0.310 e. The summed E-state index contributed by atoms with van der Waals surface area (Å²) in [7, 11) is 0. The normalized spacial score (nSPS) is 18.4. The van der Waals surface area contributed by atoms with Crippen LogP contribution < -0.4 is 5.32 Å². The second-order valence-corrected chi connectivity index (χ2v) is 4.81. The quantitative estimate of drug-likeness (QED) is 0.854. The molecule has 0 aliphatic heterocycles. The number of rotatable bonds is 4. The summed E-state index contributed by atoms with van der Waals surface area (Å²) < 4.78 is 39.0. The molecule has 1 aliphatic rings. The van der Waals surface area contributed by atoms with Gasteiger partial charge in [-0.15, -0.1) is 0 Å². The van der Waals surface area contributed by atoms with Gasteiger partial charge in [-0.3, -0.25) is 0 Å². The van der Waals surface area contributed by atoms with Crippen LogP contribution in [-0.2, 0) is 6.18 Å². The van der Waals surface area contributed by atoms with Gasteiger partial charge in [0, 0.05) is 6.04 Å². The highest BCUT2D eigenvalue weighted by Crippen LogP contribution is 2.42. The van der Waals surface area contributed by atoms with Gasteiger partial charge in [0.2, 0.25) is 0 Å². The van der Waals surface area contributed by atoms with Crippen molar-refractivity contribution in [1.82, 2.24) is 5.32 Å². The minimum absolute atomic E-state index is 0.165. The fraction of sp³-hybridized carbons (Fsp3) is 0.571. The molecule has 0 bridgehead atoms. The Balaban J connectivity index is 2.34. The van der Waals surface area contributed by atoms with Gasteiger partial charge in [-0.25, -0.2) is 0 Å². The minimum atomic E-state index is -4.27. The lowest BCUT2D eigenvalue weighted by molar-refractivity contribution is -0.138. The van der Waals surface area contributed by atoms with E-state index >= 15 is 0 Å². The van der Waals surface area contributed by atoms with Crippen LogP contribution in [0.5, 0.6) is 0 Å². The molecule has 0 radical (unpaired) electrons. The number of alkyl halides is 3. The van der Waals surface area contributed by atoms with Crippen LogP contribution in [0.2, 0.25) is 0 Å². The number of hydrogen-bond acceptors (Lipinski definition) is 1. The first-order chi connectivity index (χ1) is 8.54. The molecule has 1 fully saturated rings. The third-order valence-corrected chi connectivity index (χ3v) is 3.65. The molecule has 4 heteroatoms. The Hall–Kier alpha value is -1.03. The molecule has 0 amide bonds. The van der Waals surface area contributed by atoms with E-state index in [2.05, 4.69) is 5.32 Å². The van der Waals surface area contributed by atoms with Gasteiger partial charge >= 0.3 is 6.18 Å². The first kappa shape index (κ1) is 13.4. The van der Waals surface area contributed by atoms with E-state index in [-0.39, 0.29) is 6.04 Å². The molecule has 0 spiro atoms. The molecule has 1 aromatic carbocycles. The van der Waals surface area contributed by atoms with Gasteiger partial charge in [0.1, 0.15) is 0 Å². The zero-order valence-electron chi connectivity index (χ0n) is 10.4. The minimum Gasteiger partial charge on any atom is -0.310 e. The Morgan fingerprint density at radius 2 is 1.94 bits per heavy atom. The van der Waals surface area contributed by atoms with E-state index in [1.54, 1.807) is 12.1 Å². The molecule has 100 valence electrons. The molecule has 1 N–H and O–H groups in total. The topological polar surface area (TPSA) is 12.0 Å². The van der Waals surface area contributed by atoms with Crippen molar-refractivity contribution in [3.63, 3.8) is 0 Å². The van der Waals surface area contributed by atoms with Crippen LogP contribution in [0.4, 0.5) is 13.2 Å². The largest absolute Gasteiger partial charge is 0.416 e. The van der Waals surface area contributed by atoms with E-state index in [1.165, 1.54) is 12.1 Å². The van der Waals surface area contributed by atoms with Crippen molar-refractivity contribution in [3.05, 3.63) is 35.4 Å². The molecular formula is C14H18F3N. The average Bonchev–Trinajstić information content (AvgIpc) is 2.25. The summed E-state index contributed by atoms with van der Waals surface area (Å²) in [5.74, 6) is 0.341. The lowest BCUT2D eigenvalue weighted by atomic mass is 9.76. The molecule has 1 atom stereocenters. The standard InChI is InChI=1S/C14H18F3N/c1-2-18-13(10-6-5-7-10)11-8-3-4-9-12(11)14(15,16)17/h3-4,8-10,13,18H,2,5-7H2,1H3. The molecular weight excluding hydrogens is 239 g/mol. The Kier molecular flexibility index (Phi) is 3.95. The summed E-state index contributed by atoms with van der Waals surface area (Å²) >= 11 is 0. The average molecular weight is 257 g/mol. The third kappa shape index (κ3) is 2.69. The molecule has 0 heterocycles. The predicted molar refractivity (Wildman–Crippen MR) is 65.2 cm³/mol. The van der Waals surface area contributed by atoms with Gasteiger partial charge in [0.05, 0.1) is 5.56 Å². The van der Waals surface area contributed by atoms with E-state index < -0.39 is 11.7 Å². The van der Waals surface area contributed by atoms with Crippen molar-refractivity contribution < 1.29 is 13.2 Å². The second kappa shape index (κ2) is 5.31. The van der Waals surface area contributed by atoms with Crippen LogP contribution in [0.1, 0.15) is 43.4 Å². The molecule has 2 rings (SSSR count).